The van der Waals surface area contributed by atoms with Crippen molar-refractivity contribution in [2.45, 2.75) is 72.1 Å². The van der Waals surface area contributed by atoms with E-state index in [1.165, 1.54) is 5.56 Å². The lowest BCUT2D eigenvalue weighted by molar-refractivity contribution is -0.116. The summed E-state index contributed by atoms with van der Waals surface area (Å²) in [7, 11) is 0. The summed E-state index contributed by atoms with van der Waals surface area (Å²) in [5.74, 6) is 0.518. The van der Waals surface area contributed by atoms with Crippen LogP contribution in [0.15, 0.2) is 12.1 Å². The molecule has 1 aromatic rings. The largest absolute Gasteiger partial charge is 0.508 e. The van der Waals surface area contributed by atoms with E-state index < -0.39 is 0 Å². The van der Waals surface area contributed by atoms with Crippen LogP contribution in [0.25, 0.3) is 0 Å². The number of Topliss-reactive ketones (excluding diaryl/α,β-unsaturated/α-hetero) is 1. The number of phenolic OH excluding ortho intramolecular Hbond substituents is 1. The minimum atomic E-state index is -0.0507. The number of ketones is 1. The Balaban J connectivity index is 3.50. The van der Waals surface area contributed by atoms with Crippen molar-refractivity contribution in [3.05, 3.63) is 28.8 Å². The van der Waals surface area contributed by atoms with Crippen LogP contribution in [-0.4, -0.2) is 10.9 Å². The maximum absolute atomic E-state index is 11.4. The molecule has 0 heterocycles. The van der Waals surface area contributed by atoms with E-state index in [1.54, 1.807) is 6.92 Å². The van der Waals surface area contributed by atoms with E-state index in [1.807, 2.05) is 12.1 Å². The second kappa shape index (κ2) is 5.59. The number of carbonyl (C=O) groups excluding carboxylic acids is 1. The Kier molecular flexibility index (Phi) is 4.68. The first-order valence-electron chi connectivity index (χ1n) is 7.29. The number of hydrogen-bond acceptors (Lipinski definition) is 2. The number of hydrogen-bond donors (Lipinski definition) is 1. The van der Waals surface area contributed by atoms with Crippen molar-refractivity contribution < 1.29 is 9.90 Å². The summed E-state index contributed by atoms with van der Waals surface area (Å²) in [6.07, 6.45) is 1.30. The smallest absolute Gasteiger partial charge is 0.130 e. The van der Waals surface area contributed by atoms with E-state index in [2.05, 4.69) is 41.5 Å². The van der Waals surface area contributed by atoms with Gasteiger partial charge in [-0.3, -0.25) is 0 Å². The number of rotatable bonds is 3. The zero-order chi connectivity index (χ0) is 15.7. The molecule has 0 fully saturated rings. The Morgan fingerprint density at radius 3 is 1.70 bits per heavy atom. The van der Waals surface area contributed by atoms with E-state index in [4.69, 9.17) is 0 Å². The quantitative estimate of drug-likeness (QED) is 0.882. The lowest BCUT2D eigenvalue weighted by atomic mass is 9.75. The molecule has 0 amide bonds. The maximum atomic E-state index is 11.4. The van der Waals surface area contributed by atoms with Gasteiger partial charge < -0.3 is 9.90 Å². The molecule has 20 heavy (non-hydrogen) atoms. The van der Waals surface area contributed by atoms with Gasteiger partial charge in [0.1, 0.15) is 11.5 Å². The summed E-state index contributed by atoms with van der Waals surface area (Å²) in [5, 5.41) is 10.1. The fourth-order valence-corrected chi connectivity index (χ4v) is 2.57. The zero-order valence-corrected chi connectivity index (χ0v) is 13.9. The van der Waals surface area contributed by atoms with Gasteiger partial charge in [0.2, 0.25) is 0 Å². The highest BCUT2D eigenvalue weighted by Gasteiger charge is 2.26. The molecule has 0 saturated carbocycles. The number of phenols is 1. The van der Waals surface area contributed by atoms with E-state index >= 15 is 0 Å². The van der Waals surface area contributed by atoms with Crippen molar-refractivity contribution in [2.24, 2.45) is 0 Å². The normalized spacial score (nSPS) is 12.6. The Bertz CT molecular complexity index is 464. The topological polar surface area (TPSA) is 37.3 Å². The molecule has 1 aromatic carbocycles. The Morgan fingerprint density at radius 2 is 1.40 bits per heavy atom. The third-order valence-electron chi connectivity index (χ3n) is 3.58. The van der Waals surface area contributed by atoms with Gasteiger partial charge in [0.05, 0.1) is 0 Å². The molecule has 0 radical (unpaired) electrons. The van der Waals surface area contributed by atoms with E-state index in [-0.39, 0.29) is 16.6 Å². The monoisotopic (exact) mass is 276 g/mol. The van der Waals surface area contributed by atoms with Crippen LogP contribution in [0, 0.1) is 0 Å². The molecule has 112 valence electrons. The second-order valence-electron chi connectivity index (χ2n) is 7.72. The van der Waals surface area contributed by atoms with Gasteiger partial charge in [-0.05, 0) is 53.0 Å². The summed E-state index contributed by atoms with van der Waals surface area (Å²) in [6, 6.07) is 3.70. The molecule has 0 aliphatic heterocycles. The summed E-state index contributed by atoms with van der Waals surface area (Å²) < 4.78 is 0. The molecule has 0 saturated heterocycles. The lowest BCUT2D eigenvalue weighted by Gasteiger charge is -2.30. The van der Waals surface area contributed by atoms with Gasteiger partial charge in [-0.15, -0.1) is 0 Å². The maximum Gasteiger partial charge on any atom is 0.130 e. The summed E-state index contributed by atoms with van der Waals surface area (Å²) in [6.45, 7) is 14.5. The van der Waals surface area contributed by atoms with Crippen LogP contribution in [0.5, 0.6) is 5.75 Å². The number of aromatic hydroxyl groups is 1. The molecule has 0 atom stereocenters. The molecule has 1 rings (SSSR count). The van der Waals surface area contributed by atoms with Gasteiger partial charge in [-0.2, -0.15) is 0 Å². The Hall–Kier alpha value is -1.31. The van der Waals surface area contributed by atoms with Crippen LogP contribution in [0.2, 0.25) is 0 Å². The number of benzene rings is 1. The van der Waals surface area contributed by atoms with Gasteiger partial charge in [-0.1, -0.05) is 41.5 Å². The first-order chi connectivity index (χ1) is 8.93. The predicted molar refractivity (Wildman–Crippen MR) is 84.5 cm³/mol. The van der Waals surface area contributed by atoms with Crippen LogP contribution >= 0.6 is 0 Å². The van der Waals surface area contributed by atoms with Crippen molar-refractivity contribution in [1.29, 1.82) is 0 Å². The predicted octanol–water partition coefficient (Wildman–Crippen LogP) is 4.51. The zero-order valence-electron chi connectivity index (χ0n) is 13.9. The van der Waals surface area contributed by atoms with Gasteiger partial charge in [-0.25, -0.2) is 0 Å². The first kappa shape index (κ1) is 16.7. The third kappa shape index (κ3) is 4.09. The highest BCUT2D eigenvalue weighted by atomic mass is 16.3. The molecule has 0 aliphatic rings. The number of carbonyl (C=O) groups is 1. The highest BCUT2D eigenvalue weighted by Crippen LogP contribution is 2.37. The molecule has 0 spiro atoms. The summed E-state index contributed by atoms with van der Waals surface area (Å²) in [4.78, 5) is 11.4. The lowest BCUT2D eigenvalue weighted by Crippen LogP contribution is -2.21. The Morgan fingerprint density at radius 1 is 1.00 bits per heavy atom. The molecule has 0 aliphatic carbocycles. The molecule has 1 N–H and O–H groups in total. The van der Waals surface area contributed by atoms with Crippen LogP contribution in [-0.2, 0) is 22.0 Å². The first-order valence-corrected chi connectivity index (χ1v) is 7.29. The molecular formula is C18H28O2. The van der Waals surface area contributed by atoms with E-state index in [9.17, 15) is 9.90 Å². The minimum Gasteiger partial charge on any atom is -0.508 e. The summed E-state index contributed by atoms with van der Waals surface area (Å²) >= 11 is 0. The Labute approximate surface area is 123 Å². The van der Waals surface area contributed by atoms with E-state index in [0.29, 0.717) is 12.2 Å². The summed E-state index contributed by atoms with van der Waals surface area (Å²) in [5.41, 5.74) is 3.40. The average Bonchev–Trinajstić information content (AvgIpc) is 2.23. The van der Waals surface area contributed by atoms with Crippen LogP contribution in [0.4, 0.5) is 0 Å². The third-order valence-corrected chi connectivity index (χ3v) is 3.58. The van der Waals surface area contributed by atoms with Crippen molar-refractivity contribution in [3.63, 3.8) is 0 Å². The molecule has 0 bridgehead atoms. The van der Waals surface area contributed by atoms with Gasteiger partial charge >= 0.3 is 0 Å². The second-order valence-corrected chi connectivity index (χ2v) is 7.72. The average molecular weight is 276 g/mol. The standard InChI is InChI=1S/C18H28O2/c1-12(19)8-9-14-15(17(2,3)4)10-13(20)11-16(14)18(5,6)7/h10-11,20H,8-9H2,1-7H3. The van der Waals surface area contributed by atoms with E-state index in [0.717, 1.165) is 17.5 Å². The van der Waals surface area contributed by atoms with Gasteiger partial charge in [0.25, 0.3) is 0 Å². The molecule has 0 aromatic heterocycles. The van der Waals surface area contributed by atoms with Crippen molar-refractivity contribution in [1.82, 2.24) is 0 Å². The van der Waals surface area contributed by atoms with Crippen molar-refractivity contribution in [3.8, 4) is 5.75 Å². The fraction of sp³-hybridized carbons (Fsp3) is 0.611. The van der Waals surface area contributed by atoms with Crippen LogP contribution in [0.1, 0.15) is 71.6 Å². The molecule has 0 unspecified atom stereocenters. The van der Waals surface area contributed by atoms with Crippen molar-refractivity contribution in [2.75, 3.05) is 0 Å². The van der Waals surface area contributed by atoms with Gasteiger partial charge in [0.15, 0.2) is 0 Å². The van der Waals surface area contributed by atoms with Crippen LogP contribution < -0.4 is 0 Å². The van der Waals surface area contributed by atoms with Crippen LogP contribution in [0.3, 0.4) is 0 Å². The SMILES string of the molecule is CC(=O)CCc1c(C(C)(C)C)cc(O)cc1C(C)(C)C. The highest BCUT2D eigenvalue weighted by molar-refractivity contribution is 5.76. The molecular weight excluding hydrogens is 248 g/mol. The molecule has 2 nitrogen and oxygen atoms in total. The fourth-order valence-electron chi connectivity index (χ4n) is 2.57. The molecule has 2 heteroatoms. The van der Waals surface area contributed by atoms with Gasteiger partial charge in [0, 0.05) is 6.42 Å². The minimum absolute atomic E-state index is 0.0507. The van der Waals surface area contributed by atoms with Crippen molar-refractivity contribution >= 4 is 5.78 Å².